The zero-order valence-corrected chi connectivity index (χ0v) is 5.97. The van der Waals surface area contributed by atoms with Crippen LogP contribution < -0.4 is 0 Å². The molecular formula is C7H6F3NO. The Bertz CT molecular complexity index is 260. The number of hydrogen-bond donors (Lipinski definition) is 1. The number of alkyl halides is 2. The van der Waals surface area contributed by atoms with Crippen molar-refractivity contribution in [3.63, 3.8) is 0 Å². The second-order valence-electron chi connectivity index (χ2n) is 2.22. The lowest BCUT2D eigenvalue weighted by Crippen LogP contribution is -2.19. The van der Waals surface area contributed by atoms with Crippen molar-refractivity contribution < 1.29 is 18.3 Å². The predicted octanol–water partition coefficient (Wildman–Crippen LogP) is 1.30. The topological polar surface area (TPSA) is 33.1 Å². The van der Waals surface area contributed by atoms with E-state index in [1.807, 2.05) is 0 Å². The van der Waals surface area contributed by atoms with Crippen LogP contribution in [0.1, 0.15) is 5.69 Å². The maximum atomic E-state index is 12.6. The summed E-state index contributed by atoms with van der Waals surface area (Å²) < 4.78 is 37.4. The highest BCUT2D eigenvalue weighted by atomic mass is 19.3. The quantitative estimate of drug-likeness (QED) is 0.738. The van der Waals surface area contributed by atoms with Crippen LogP contribution in [0.2, 0.25) is 0 Å². The summed E-state index contributed by atoms with van der Waals surface area (Å²) in [5.74, 6) is -4.08. The van der Waals surface area contributed by atoms with Crippen LogP contribution in [0.5, 0.6) is 0 Å². The highest BCUT2D eigenvalue weighted by Gasteiger charge is 2.31. The Morgan fingerprint density at radius 1 is 1.42 bits per heavy atom. The Morgan fingerprint density at radius 3 is 2.50 bits per heavy atom. The minimum Gasteiger partial charge on any atom is -0.390 e. The first-order valence-corrected chi connectivity index (χ1v) is 3.17. The van der Waals surface area contributed by atoms with Gasteiger partial charge in [0, 0.05) is 0 Å². The molecule has 1 aromatic heterocycles. The number of halogens is 3. The largest absolute Gasteiger partial charge is 0.390 e. The average molecular weight is 177 g/mol. The van der Waals surface area contributed by atoms with Gasteiger partial charge in [-0.15, -0.1) is 0 Å². The van der Waals surface area contributed by atoms with Crippen molar-refractivity contribution in [3.05, 3.63) is 29.8 Å². The van der Waals surface area contributed by atoms with Gasteiger partial charge in [-0.2, -0.15) is 8.78 Å². The molecule has 2 nitrogen and oxygen atoms in total. The van der Waals surface area contributed by atoms with Crippen molar-refractivity contribution in [2.24, 2.45) is 0 Å². The molecule has 0 aromatic carbocycles. The fourth-order valence-corrected chi connectivity index (χ4v) is 0.673. The third kappa shape index (κ3) is 1.73. The van der Waals surface area contributed by atoms with Gasteiger partial charge < -0.3 is 5.11 Å². The lowest BCUT2D eigenvalue weighted by Gasteiger charge is -2.11. The van der Waals surface area contributed by atoms with E-state index in [1.165, 1.54) is 0 Å². The summed E-state index contributed by atoms with van der Waals surface area (Å²) in [5, 5.41) is 8.23. The first-order valence-electron chi connectivity index (χ1n) is 3.17. The van der Waals surface area contributed by atoms with Crippen LogP contribution >= 0.6 is 0 Å². The van der Waals surface area contributed by atoms with Crippen molar-refractivity contribution in [2.45, 2.75) is 5.92 Å². The summed E-state index contributed by atoms with van der Waals surface area (Å²) in [4.78, 5) is 3.14. The monoisotopic (exact) mass is 177 g/mol. The third-order valence-corrected chi connectivity index (χ3v) is 1.30. The fourth-order valence-electron chi connectivity index (χ4n) is 0.673. The van der Waals surface area contributed by atoms with E-state index in [1.54, 1.807) is 0 Å². The molecule has 1 rings (SSSR count). The standard InChI is InChI=1S/C7H6F3NO/c8-5-1-2-6(11-3-5)7(9,10)4-12/h1-3,12H,4H2. The van der Waals surface area contributed by atoms with E-state index < -0.39 is 24.0 Å². The van der Waals surface area contributed by atoms with Crippen LogP contribution in [0.25, 0.3) is 0 Å². The molecule has 66 valence electrons. The van der Waals surface area contributed by atoms with E-state index in [2.05, 4.69) is 4.98 Å². The van der Waals surface area contributed by atoms with Crippen molar-refractivity contribution in [1.29, 1.82) is 0 Å². The molecule has 0 fully saturated rings. The van der Waals surface area contributed by atoms with Crippen molar-refractivity contribution >= 4 is 0 Å². The first-order chi connectivity index (χ1) is 5.56. The number of rotatable bonds is 2. The molecule has 12 heavy (non-hydrogen) atoms. The SMILES string of the molecule is OCC(F)(F)c1ccc(F)cn1. The van der Waals surface area contributed by atoms with E-state index in [0.29, 0.717) is 6.20 Å². The Morgan fingerprint density at radius 2 is 2.08 bits per heavy atom. The van der Waals surface area contributed by atoms with Crippen molar-refractivity contribution in [1.82, 2.24) is 4.98 Å². The molecule has 0 aliphatic heterocycles. The van der Waals surface area contributed by atoms with Crippen molar-refractivity contribution in [3.8, 4) is 0 Å². The molecule has 1 N–H and O–H groups in total. The van der Waals surface area contributed by atoms with Crippen molar-refractivity contribution in [2.75, 3.05) is 6.61 Å². The molecule has 5 heteroatoms. The van der Waals surface area contributed by atoms with Gasteiger partial charge in [0.25, 0.3) is 0 Å². The Balaban J connectivity index is 2.96. The molecule has 0 aliphatic rings. The van der Waals surface area contributed by atoms with Gasteiger partial charge in [0.2, 0.25) is 0 Å². The number of aliphatic hydroxyl groups is 1. The van der Waals surface area contributed by atoms with E-state index >= 15 is 0 Å². The minimum atomic E-state index is -3.40. The molecule has 0 saturated heterocycles. The zero-order chi connectivity index (χ0) is 9.19. The molecule has 1 heterocycles. The molecule has 0 saturated carbocycles. The molecule has 0 aliphatic carbocycles. The zero-order valence-electron chi connectivity index (χ0n) is 5.97. The third-order valence-electron chi connectivity index (χ3n) is 1.30. The number of aliphatic hydroxyl groups excluding tert-OH is 1. The van der Waals surface area contributed by atoms with Gasteiger partial charge in [0.1, 0.15) is 18.1 Å². The maximum absolute atomic E-state index is 12.6. The number of hydrogen-bond acceptors (Lipinski definition) is 2. The first kappa shape index (κ1) is 8.99. The van der Waals surface area contributed by atoms with Crippen LogP contribution in [0.15, 0.2) is 18.3 Å². The second-order valence-corrected chi connectivity index (χ2v) is 2.22. The Hall–Kier alpha value is -1.10. The summed E-state index contributed by atoms with van der Waals surface area (Å²) in [5.41, 5.74) is -0.633. The van der Waals surface area contributed by atoms with E-state index in [0.717, 1.165) is 12.1 Å². The molecule has 0 spiro atoms. The average Bonchev–Trinajstić information content (AvgIpc) is 2.05. The number of nitrogens with zero attached hydrogens (tertiary/aromatic N) is 1. The van der Waals surface area contributed by atoms with Crippen LogP contribution in [0.3, 0.4) is 0 Å². The molecule has 1 aromatic rings. The van der Waals surface area contributed by atoms with Crippen LogP contribution in [0.4, 0.5) is 13.2 Å². The van der Waals surface area contributed by atoms with Crippen LogP contribution in [-0.4, -0.2) is 16.7 Å². The Kier molecular flexibility index (Phi) is 2.32. The second kappa shape index (κ2) is 3.10. The molecular weight excluding hydrogens is 171 g/mol. The van der Waals surface area contributed by atoms with Gasteiger partial charge in [-0.3, -0.25) is 4.98 Å². The molecule has 0 radical (unpaired) electrons. The molecule has 0 unspecified atom stereocenters. The summed E-state index contributed by atoms with van der Waals surface area (Å²) >= 11 is 0. The summed E-state index contributed by atoms with van der Waals surface area (Å²) in [7, 11) is 0. The lowest BCUT2D eigenvalue weighted by molar-refractivity contribution is -0.0593. The van der Waals surface area contributed by atoms with Gasteiger partial charge in [-0.25, -0.2) is 4.39 Å². The lowest BCUT2D eigenvalue weighted by atomic mass is 10.2. The van der Waals surface area contributed by atoms with Gasteiger partial charge in [-0.05, 0) is 12.1 Å². The molecule has 0 amide bonds. The van der Waals surface area contributed by atoms with E-state index in [-0.39, 0.29) is 0 Å². The maximum Gasteiger partial charge on any atom is 0.312 e. The fraction of sp³-hybridized carbons (Fsp3) is 0.286. The smallest absolute Gasteiger partial charge is 0.312 e. The normalized spacial score (nSPS) is 11.7. The minimum absolute atomic E-state index is 0.633. The van der Waals surface area contributed by atoms with Crippen LogP contribution in [0, 0.1) is 5.82 Å². The highest BCUT2D eigenvalue weighted by Crippen LogP contribution is 2.24. The molecule has 0 atom stereocenters. The Labute approximate surface area is 66.7 Å². The van der Waals surface area contributed by atoms with E-state index in [9.17, 15) is 13.2 Å². The summed E-state index contributed by atoms with van der Waals surface area (Å²) in [6.45, 7) is -1.33. The number of pyridine rings is 1. The van der Waals surface area contributed by atoms with Gasteiger partial charge >= 0.3 is 5.92 Å². The van der Waals surface area contributed by atoms with Gasteiger partial charge in [-0.1, -0.05) is 0 Å². The molecule has 0 bridgehead atoms. The van der Waals surface area contributed by atoms with Gasteiger partial charge in [0.15, 0.2) is 0 Å². The van der Waals surface area contributed by atoms with Crippen LogP contribution in [-0.2, 0) is 5.92 Å². The highest BCUT2D eigenvalue weighted by molar-refractivity contribution is 5.10. The summed E-state index contributed by atoms with van der Waals surface area (Å²) in [6, 6.07) is 1.71. The summed E-state index contributed by atoms with van der Waals surface area (Å²) in [6.07, 6.45) is 0.679. The predicted molar refractivity (Wildman–Crippen MR) is 35.2 cm³/mol. The van der Waals surface area contributed by atoms with Gasteiger partial charge in [0.05, 0.1) is 6.20 Å². The number of aromatic nitrogens is 1. The van der Waals surface area contributed by atoms with E-state index in [4.69, 9.17) is 5.11 Å².